The molecule has 0 aromatic heterocycles. The van der Waals surface area contributed by atoms with Gasteiger partial charge in [-0.15, -0.1) is 23.2 Å². The fourth-order valence-electron chi connectivity index (χ4n) is 1.81. The standard InChI is InChI=1S/C13H13Cl2F2NO3/c14-13(15)5-9(13)11(20)18-6-10(19)7-1-3-8(4-2-7)21-12(16)17/h1-4,9-10,12,19H,5-6H2,(H,18,20). The molecule has 2 N–H and O–H groups in total. The molecular formula is C13H13Cl2F2NO3. The van der Waals surface area contributed by atoms with E-state index in [4.69, 9.17) is 23.2 Å². The Kier molecular flexibility index (Phi) is 4.91. The summed E-state index contributed by atoms with van der Waals surface area (Å²) >= 11 is 11.5. The zero-order valence-electron chi connectivity index (χ0n) is 10.7. The molecule has 2 atom stereocenters. The van der Waals surface area contributed by atoms with Gasteiger partial charge in [-0.1, -0.05) is 12.1 Å². The quantitative estimate of drug-likeness (QED) is 0.783. The Morgan fingerprint density at radius 1 is 1.43 bits per heavy atom. The maximum absolute atomic E-state index is 12.0. The van der Waals surface area contributed by atoms with Gasteiger partial charge in [-0.25, -0.2) is 0 Å². The highest BCUT2D eigenvalue weighted by Gasteiger charge is 2.56. The molecule has 21 heavy (non-hydrogen) atoms. The lowest BCUT2D eigenvalue weighted by Gasteiger charge is -2.13. The minimum atomic E-state index is -2.90. The molecule has 0 heterocycles. The lowest BCUT2D eigenvalue weighted by atomic mass is 10.1. The monoisotopic (exact) mass is 339 g/mol. The van der Waals surface area contributed by atoms with Crippen LogP contribution in [0.4, 0.5) is 8.78 Å². The van der Waals surface area contributed by atoms with E-state index in [2.05, 4.69) is 10.1 Å². The first kappa shape index (κ1) is 16.3. The van der Waals surface area contributed by atoms with Crippen molar-refractivity contribution in [2.45, 2.75) is 23.5 Å². The van der Waals surface area contributed by atoms with Crippen LogP contribution in [0.3, 0.4) is 0 Å². The summed E-state index contributed by atoms with van der Waals surface area (Å²) in [5.74, 6) is -0.788. The molecule has 0 aliphatic heterocycles. The number of rotatable bonds is 6. The van der Waals surface area contributed by atoms with E-state index in [0.29, 0.717) is 12.0 Å². The van der Waals surface area contributed by atoms with Crippen LogP contribution < -0.4 is 10.1 Å². The molecule has 2 rings (SSSR count). The van der Waals surface area contributed by atoms with E-state index in [1.807, 2.05) is 0 Å². The third-order valence-electron chi connectivity index (χ3n) is 3.10. The molecule has 116 valence electrons. The molecular weight excluding hydrogens is 327 g/mol. The van der Waals surface area contributed by atoms with Crippen LogP contribution in [0.2, 0.25) is 0 Å². The van der Waals surface area contributed by atoms with Crippen LogP contribution in [0.25, 0.3) is 0 Å². The highest BCUT2D eigenvalue weighted by atomic mass is 35.5. The number of hydrogen-bond acceptors (Lipinski definition) is 3. The molecule has 1 fully saturated rings. The lowest BCUT2D eigenvalue weighted by molar-refractivity contribution is -0.122. The van der Waals surface area contributed by atoms with Crippen molar-refractivity contribution in [3.05, 3.63) is 29.8 Å². The van der Waals surface area contributed by atoms with Gasteiger partial charge in [-0.05, 0) is 24.1 Å². The SMILES string of the molecule is O=C(NCC(O)c1ccc(OC(F)F)cc1)C1CC1(Cl)Cl. The molecule has 1 aromatic rings. The van der Waals surface area contributed by atoms with Crippen LogP contribution in [0.5, 0.6) is 5.75 Å². The molecule has 1 saturated carbocycles. The molecule has 4 nitrogen and oxygen atoms in total. The Bertz CT molecular complexity index is 511. The van der Waals surface area contributed by atoms with Crippen LogP contribution in [-0.2, 0) is 4.79 Å². The Morgan fingerprint density at radius 2 is 2.00 bits per heavy atom. The van der Waals surface area contributed by atoms with Gasteiger partial charge in [-0.2, -0.15) is 8.78 Å². The molecule has 0 saturated heterocycles. The summed E-state index contributed by atoms with van der Waals surface area (Å²) in [7, 11) is 0. The average molecular weight is 340 g/mol. The number of aliphatic hydroxyl groups is 1. The molecule has 1 aliphatic carbocycles. The van der Waals surface area contributed by atoms with Gasteiger partial charge in [-0.3, -0.25) is 4.79 Å². The van der Waals surface area contributed by atoms with E-state index in [1.54, 1.807) is 0 Å². The highest BCUT2D eigenvalue weighted by Crippen LogP contribution is 2.53. The number of halogens is 4. The Labute approximate surface area is 130 Å². The summed E-state index contributed by atoms with van der Waals surface area (Å²) in [6.45, 7) is -2.92. The van der Waals surface area contributed by atoms with Crippen molar-refractivity contribution in [2.75, 3.05) is 6.54 Å². The molecule has 1 aliphatic rings. The Morgan fingerprint density at radius 3 is 2.48 bits per heavy atom. The van der Waals surface area contributed by atoms with Crippen LogP contribution in [0, 0.1) is 5.92 Å². The van der Waals surface area contributed by atoms with Crippen molar-refractivity contribution in [3.8, 4) is 5.75 Å². The number of carbonyl (C=O) groups is 1. The number of aliphatic hydroxyl groups excluding tert-OH is 1. The van der Waals surface area contributed by atoms with Gasteiger partial charge in [0.05, 0.1) is 12.0 Å². The number of hydrogen-bond donors (Lipinski definition) is 2. The van der Waals surface area contributed by atoms with Crippen LogP contribution in [0.15, 0.2) is 24.3 Å². The van der Waals surface area contributed by atoms with Crippen molar-refractivity contribution < 1.29 is 23.4 Å². The van der Waals surface area contributed by atoms with Crippen molar-refractivity contribution in [3.63, 3.8) is 0 Å². The zero-order valence-corrected chi connectivity index (χ0v) is 12.2. The van der Waals surface area contributed by atoms with Gasteiger partial charge in [0.2, 0.25) is 5.91 Å². The van der Waals surface area contributed by atoms with E-state index < -0.39 is 23.0 Å². The van der Waals surface area contributed by atoms with Gasteiger partial charge >= 0.3 is 6.61 Å². The predicted molar refractivity (Wildman–Crippen MR) is 73.6 cm³/mol. The number of ether oxygens (including phenoxy) is 1. The Hall–Kier alpha value is -1.11. The van der Waals surface area contributed by atoms with E-state index in [1.165, 1.54) is 24.3 Å². The lowest BCUT2D eigenvalue weighted by Crippen LogP contribution is -2.30. The largest absolute Gasteiger partial charge is 0.435 e. The number of carbonyl (C=O) groups excluding carboxylic acids is 1. The van der Waals surface area contributed by atoms with Gasteiger partial charge in [0.25, 0.3) is 0 Å². The highest BCUT2D eigenvalue weighted by molar-refractivity contribution is 6.52. The summed E-state index contributed by atoms with van der Waals surface area (Å²) < 4.78 is 27.2. The summed E-state index contributed by atoms with van der Waals surface area (Å²) in [6, 6.07) is 5.52. The summed E-state index contributed by atoms with van der Waals surface area (Å²) in [6.07, 6.45) is -0.578. The second-order valence-corrected chi connectivity index (χ2v) is 6.27. The van der Waals surface area contributed by atoms with Gasteiger partial charge < -0.3 is 15.2 Å². The first-order chi connectivity index (χ1) is 9.79. The maximum atomic E-state index is 12.0. The molecule has 1 amide bonds. The molecule has 0 bridgehead atoms. The summed E-state index contributed by atoms with van der Waals surface area (Å²) in [5.41, 5.74) is 0.468. The van der Waals surface area contributed by atoms with Crippen LogP contribution in [-0.4, -0.2) is 28.5 Å². The van der Waals surface area contributed by atoms with E-state index in [9.17, 15) is 18.7 Å². The average Bonchev–Trinajstić information content (AvgIpc) is 3.05. The van der Waals surface area contributed by atoms with Crippen molar-refractivity contribution in [1.29, 1.82) is 0 Å². The van der Waals surface area contributed by atoms with E-state index >= 15 is 0 Å². The fraction of sp³-hybridized carbons (Fsp3) is 0.462. The van der Waals surface area contributed by atoms with Crippen LogP contribution >= 0.6 is 23.2 Å². The maximum Gasteiger partial charge on any atom is 0.387 e. The molecule has 0 radical (unpaired) electrons. The normalized spacial score (nSPS) is 21.0. The Balaban J connectivity index is 1.83. The zero-order chi connectivity index (χ0) is 15.6. The third kappa shape index (κ3) is 4.43. The topological polar surface area (TPSA) is 58.6 Å². The molecule has 0 spiro atoms. The molecule has 2 unspecified atom stereocenters. The number of amides is 1. The second kappa shape index (κ2) is 6.34. The second-order valence-electron chi connectivity index (χ2n) is 4.73. The van der Waals surface area contributed by atoms with Crippen LogP contribution in [0.1, 0.15) is 18.1 Å². The van der Waals surface area contributed by atoms with Crippen molar-refractivity contribution in [1.82, 2.24) is 5.32 Å². The van der Waals surface area contributed by atoms with Crippen molar-refractivity contribution in [2.24, 2.45) is 5.92 Å². The number of alkyl halides is 4. The summed E-state index contributed by atoms with van der Waals surface area (Å²) in [4.78, 5) is 11.6. The van der Waals surface area contributed by atoms with Gasteiger partial charge in [0.15, 0.2) is 0 Å². The van der Waals surface area contributed by atoms with E-state index in [0.717, 1.165) is 0 Å². The van der Waals surface area contributed by atoms with E-state index in [-0.39, 0.29) is 18.2 Å². The smallest absolute Gasteiger partial charge is 0.387 e. The minimum absolute atomic E-state index is 0.00275. The fourth-order valence-corrected chi connectivity index (χ4v) is 2.31. The molecule has 8 heteroatoms. The van der Waals surface area contributed by atoms with Gasteiger partial charge in [0, 0.05) is 6.54 Å². The first-order valence-corrected chi connectivity index (χ1v) is 6.93. The first-order valence-electron chi connectivity index (χ1n) is 6.18. The summed E-state index contributed by atoms with van der Waals surface area (Å²) in [5, 5.41) is 12.4. The third-order valence-corrected chi connectivity index (χ3v) is 3.94. The number of nitrogens with one attached hydrogen (secondary N) is 1. The minimum Gasteiger partial charge on any atom is -0.435 e. The van der Waals surface area contributed by atoms with Gasteiger partial charge in [0.1, 0.15) is 10.1 Å². The number of benzene rings is 1. The molecule has 1 aromatic carbocycles. The van der Waals surface area contributed by atoms with Crippen molar-refractivity contribution >= 4 is 29.1 Å². The predicted octanol–water partition coefficient (Wildman–Crippen LogP) is 2.63.